The topological polar surface area (TPSA) is 58.2 Å². The summed E-state index contributed by atoms with van der Waals surface area (Å²) in [5.41, 5.74) is 0. The van der Waals surface area contributed by atoms with Crippen LogP contribution in [0.25, 0.3) is 0 Å². The Morgan fingerprint density at radius 1 is 1.47 bits per heavy atom. The van der Waals surface area contributed by atoms with Gasteiger partial charge in [-0.1, -0.05) is 6.92 Å². The summed E-state index contributed by atoms with van der Waals surface area (Å²) in [4.78, 5) is 23.0. The molecule has 1 saturated carbocycles. The van der Waals surface area contributed by atoms with Crippen LogP contribution in [0, 0.1) is 5.92 Å². The van der Waals surface area contributed by atoms with Crippen molar-refractivity contribution < 1.29 is 9.59 Å². The second-order valence-corrected chi connectivity index (χ2v) is 4.80. The summed E-state index contributed by atoms with van der Waals surface area (Å²) < 4.78 is 0. The molecule has 4 heteroatoms. The van der Waals surface area contributed by atoms with Crippen LogP contribution in [0.15, 0.2) is 0 Å². The van der Waals surface area contributed by atoms with Gasteiger partial charge in [-0.25, -0.2) is 0 Å². The fraction of sp³-hybridized carbons (Fsp3) is 0.818. The number of hydrogen-bond donors (Lipinski definition) is 2. The Hall–Kier alpha value is -1.06. The minimum Gasteiger partial charge on any atom is -0.352 e. The Morgan fingerprint density at radius 2 is 2.20 bits per heavy atom. The molecule has 1 saturated heterocycles. The fourth-order valence-electron chi connectivity index (χ4n) is 2.14. The lowest BCUT2D eigenvalue weighted by Gasteiger charge is -2.31. The van der Waals surface area contributed by atoms with Crippen molar-refractivity contribution in [2.75, 3.05) is 0 Å². The van der Waals surface area contributed by atoms with Gasteiger partial charge in [-0.2, -0.15) is 0 Å². The Balaban J connectivity index is 1.85. The Bertz CT molecular complexity index is 274. The third-order valence-electron chi connectivity index (χ3n) is 3.28. The van der Waals surface area contributed by atoms with E-state index in [-0.39, 0.29) is 17.9 Å². The first-order chi connectivity index (χ1) is 7.15. The number of hydrogen-bond acceptors (Lipinski definition) is 2. The van der Waals surface area contributed by atoms with Gasteiger partial charge in [0.15, 0.2) is 0 Å². The Labute approximate surface area is 89.8 Å². The fourth-order valence-corrected chi connectivity index (χ4v) is 2.14. The third kappa shape index (κ3) is 2.49. The summed E-state index contributed by atoms with van der Waals surface area (Å²) in [5, 5.41) is 5.72. The molecule has 2 fully saturated rings. The van der Waals surface area contributed by atoms with Gasteiger partial charge in [-0.15, -0.1) is 0 Å². The van der Waals surface area contributed by atoms with E-state index in [0.717, 1.165) is 19.3 Å². The van der Waals surface area contributed by atoms with Gasteiger partial charge in [0.2, 0.25) is 11.8 Å². The number of carbonyl (C=O) groups is 2. The zero-order valence-corrected chi connectivity index (χ0v) is 9.08. The lowest BCUT2D eigenvalue weighted by molar-refractivity contribution is -0.132. The van der Waals surface area contributed by atoms with E-state index in [1.165, 1.54) is 6.42 Å². The lowest BCUT2D eigenvalue weighted by Crippen LogP contribution is -2.54. The molecule has 2 amide bonds. The zero-order valence-electron chi connectivity index (χ0n) is 9.08. The SMILES string of the molecule is C[C@@H]1CC(=O)N[C@H](C(=O)NC2CCC2)C1. The van der Waals surface area contributed by atoms with Crippen LogP contribution in [-0.2, 0) is 9.59 Å². The summed E-state index contributed by atoms with van der Waals surface area (Å²) in [6.07, 6.45) is 4.69. The number of amides is 2. The average Bonchev–Trinajstić information content (AvgIpc) is 2.09. The van der Waals surface area contributed by atoms with Gasteiger partial charge in [-0.3, -0.25) is 9.59 Å². The molecule has 2 aliphatic rings. The van der Waals surface area contributed by atoms with Crippen molar-refractivity contribution in [1.82, 2.24) is 10.6 Å². The molecule has 84 valence electrons. The molecule has 1 aliphatic carbocycles. The molecule has 15 heavy (non-hydrogen) atoms. The van der Waals surface area contributed by atoms with Gasteiger partial charge in [-0.05, 0) is 31.6 Å². The van der Waals surface area contributed by atoms with E-state index in [2.05, 4.69) is 10.6 Å². The molecule has 0 aromatic carbocycles. The summed E-state index contributed by atoms with van der Waals surface area (Å²) >= 11 is 0. The number of rotatable bonds is 2. The molecule has 0 aromatic rings. The van der Waals surface area contributed by atoms with Gasteiger partial charge in [0.1, 0.15) is 6.04 Å². The van der Waals surface area contributed by atoms with Crippen molar-refractivity contribution in [3.63, 3.8) is 0 Å². The quantitative estimate of drug-likeness (QED) is 0.700. The summed E-state index contributed by atoms with van der Waals surface area (Å²) in [5.74, 6) is 0.318. The van der Waals surface area contributed by atoms with E-state index in [0.29, 0.717) is 18.4 Å². The van der Waals surface area contributed by atoms with E-state index in [9.17, 15) is 9.59 Å². The van der Waals surface area contributed by atoms with Crippen LogP contribution >= 0.6 is 0 Å². The minimum absolute atomic E-state index is 0.000370. The van der Waals surface area contributed by atoms with E-state index < -0.39 is 0 Å². The molecule has 1 aliphatic heterocycles. The maximum absolute atomic E-state index is 11.8. The van der Waals surface area contributed by atoms with Crippen LogP contribution in [0.2, 0.25) is 0 Å². The van der Waals surface area contributed by atoms with Gasteiger partial charge in [0, 0.05) is 12.5 Å². The molecule has 2 rings (SSSR count). The second kappa shape index (κ2) is 4.21. The molecule has 0 radical (unpaired) electrons. The average molecular weight is 210 g/mol. The monoisotopic (exact) mass is 210 g/mol. The maximum Gasteiger partial charge on any atom is 0.242 e. The van der Waals surface area contributed by atoms with Crippen LogP contribution in [-0.4, -0.2) is 23.9 Å². The van der Waals surface area contributed by atoms with E-state index in [1.54, 1.807) is 0 Å². The Kier molecular flexibility index (Phi) is 2.93. The number of nitrogens with one attached hydrogen (secondary N) is 2. The summed E-state index contributed by atoms with van der Waals surface area (Å²) in [6.45, 7) is 2.02. The molecule has 1 heterocycles. The molecule has 2 atom stereocenters. The minimum atomic E-state index is -0.304. The van der Waals surface area contributed by atoms with Crippen LogP contribution in [0.3, 0.4) is 0 Å². The molecule has 0 aromatic heterocycles. The molecule has 0 spiro atoms. The van der Waals surface area contributed by atoms with Crippen molar-refractivity contribution in [3.8, 4) is 0 Å². The molecule has 0 unspecified atom stereocenters. The molecular weight excluding hydrogens is 192 g/mol. The molecular formula is C11H18N2O2. The highest BCUT2D eigenvalue weighted by atomic mass is 16.2. The van der Waals surface area contributed by atoms with Gasteiger partial charge >= 0.3 is 0 Å². The van der Waals surface area contributed by atoms with E-state index in [4.69, 9.17) is 0 Å². The van der Waals surface area contributed by atoms with Crippen LogP contribution in [0.1, 0.15) is 39.0 Å². The van der Waals surface area contributed by atoms with Crippen molar-refractivity contribution in [2.24, 2.45) is 5.92 Å². The highest BCUT2D eigenvalue weighted by molar-refractivity contribution is 5.89. The van der Waals surface area contributed by atoms with Crippen LogP contribution < -0.4 is 10.6 Å². The zero-order chi connectivity index (χ0) is 10.8. The van der Waals surface area contributed by atoms with Crippen molar-refractivity contribution in [3.05, 3.63) is 0 Å². The van der Waals surface area contributed by atoms with Gasteiger partial charge in [0.25, 0.3) is 0 Å². The first kappa shape index (κ1) is 10.5. The molecule has 0 bridgehead atoms. The Morgan fingerprint density at radius 3 is 2.73 bits per heavy atom. The highest BCUT2D eigenvalue weighted by Crippen LogP contribution is 2.20. The third-order valence-corrected chi connectivity index (χ3v) is 3.28. The van der Waals surface area contributed by atoms with Gasteiger partial charge in [0.05, 0.1) is 0 Å². The van der Waals surface area contributed by atoms with Gasteiger partial charge < -0.3 is 10.6 Å². The second-order valence-electron chi connectivity index (χ2n) is 4.80. The summed E-state index contributed by atoms with van der Waals surface area (Å²) in [7, 11) is 0. The molecule has 2 N–H and O–H groups in total. The van der Waals surface area contributed by atoms with Crippen molar-refractivity contribution >= 4 is 11.8 Å². The van der Waals surface area contributed by atoms with E-state index in [1.807, 2.05) is 6.92 Å². The van der Waals surface area contributed by atoms with Crippen LogP contribution in [0.4, 0.5) is 0 Å². The smallest absolute Gasteiger partial charge is 0.242 e. The predicted molar refractivity (Wildman–Crippen MR) is 56.1 cm³/mol. The maximum atomic E-state index is 11.8. The molecule has 4 nitrogen and oxygen atoms in total. The van der Waals surface area contributed by atoms with Crippen LogP contribution in [0.5, 0.6) is 0 Å². The summed E-state index contributed by atoms with van der Waals surface area (Å²) in [6, 6.07) is 0.0495. The standard InChI is InChI=1S/C11H18N2O2/c1-7-5-9(13-10(14)6-7)11(15)12-8-3-2-4-8/h7-9H,2-6H2,1H3,(H,12,15)(H,13,14)/t7-,9-/m0/s1. The lowest BCUT2D eigenvalue weighted by atomic mass is 9.90. The van der Waals surface area contributed by atoms with Crippen molar-refractivity contribution in [2.45, 2.75) is 51.1 Å². The highest BCUT2D eigenvalue weighted by Gasteiger charge is 2.30. The first-order valence-electron chi connectivity index (χ1n) is 5.75. The largest absolute Gasteiger partial charge is 0.352 e. The number of piperidine rings is 1. The normalized spacial score (nSPS) is 31.7. The predicted octanol–water partition coefficient (Wildman–Crippen LogP) is 0.570. The van der Waals surface area contributed by atoms with Crippen molar-refractivity contribution in [1.29, 1.82) is 0 Å². The first-order valence-corrected chi connectivity index (χ1v) is 5.75. The van der Waals surface area contributed by atoms with E-state index >= 15 is 0 Å². The number of carbonyl (C=O) groups excluding carboxylic acids is 2.